The minimum absolute atomic E-state index is 0.188. The first-order valence-corrected chi connectivity index (χ1v) is 8.41. The summed E-state index contributed by atoms with van der Waals surface area (Å²) in [6.45, 7) is 7.42. The molecule has 0 saturated carbocycles. The van der Waals surface area contributed by atoms with Crippen molar-refractivity contribution in [2.24, 2.45) is 5.10 Å². The lowest BCUT2D eigenvalue weighted by Gasteiger charge is -2.04. The molecule has 24 heavy (non-hydrogen) atoms. The van der Waals surface area contributed by atoms with E-state index in [4.69, 9.17) is 0 Å². The molecule has 126 valence electrons. The zero-order valence-corrected chi connectivity index (χ0v) is 14.9. The molecule has 6 nitrogen and oxygen atoms in total. The third-order valence-corrected chi connectivity index (χ3v) is 4.06. The first-order chi connectivity index (χ1) is 11.3. The van der Waals surface area contributed by atoms with E-state index in [9.17, 15) is 9.90 Å². The van der Waals surface area contributed by atoms with Crippen molar-refractivity contribution in [3.05, 3.63) is 46.3 Å². The van der Waals surface area contributed by atoms with Gasteiger partial charge in [0.25, 0.3) is 5.91 Å². The number of aromatic nitrogens is 2. The molecule has 2 N–H and O–H groups in total. The van der Waals surface area contributed by atoms with Gasteiger partial charge in [-0.1, -0.05) is 11.8 Å². The zero-order chi connectivity index (χ0) is 17.7. The number of rotatable bonds is 5. The number of hydrazone groups is 1. The van der Waals surface area contributed by atoms with Crippen LogP contribution in [0.5, 0.6) is 5.75 Å². The van der Waals surface area contributed by atoms with Crippen LogP contribution in [0.15, 0.2) is 28.5 Å². The summed E-state index contributed by atoms with van der Waals surface area (Å²) in [6.07, 6.45) is 1.55. The van der Waals surface area contributed by atoms with Crippen LogP contribution in [-0.2, 0) is 4.79 Å². The fraction of sp³-hybridized carbons (Fsp3) is 0.294. The summed E-state index contributed by atoms with van der Waals surface area (Å²) < 4.78 is 0. The van der Waals surface area contributed by atoms with Gasteiger partial charge in [0.15, 0.2) is 5.16 Å². The van der Waals surface area contributed by atoms with E-state index < -0.39 is 0 Å². The lowest BCUT2D eigenvalue weighted by Crippen LogP contribution is -2.19. The number of phenols is 1. The van der Waals surface area contributed by atoms with E-state index in [1.54, 1.807) is 18.3 Å². The zero-order valence-electron chi connectivity index (χ0n) is 14.1. The Morgan fingerprint density at radius 3 is 2.33 bits per heavy atom. The van der Waals surface area contributed by atoms with Crippen molar-refractivity contribution in [2.75, 3.05) is 5.75 Å². The summed E-state index contributed by atoms with van der Waals surface area (Å²) in [7, 11) is 0. The highest BCUT2D eigenvalue weighted by Crippen LogP contribution is 2.22. The van der Waals surface area contributed by atoms with E-state index in [1.807, 2.05) is 33.8 Å². The maximum Gasteiger partial charge on any atom is 0.250 e. The van der Waals surface area contributed by atoms with Crippen LogP contribution < -0.4 is 5.43 Å². The number of carbonyl (C=O) groups is 1. The van der Waals surface area contributed by atoms with Crippen molar-refractivity contribution in [2.45, 2.75) is 32.9 Å². The van der Waals surface area contributed by atoms with Crippen molar-refractivity contribution in [1.29, 1.82) is 0 Å². The standard InChI is InChI=1S/C17H20N4O2S/c1-10-5-14(6-11(2)16(10)23)8-18-21-15(22)9-24-17-19-12(3)7-13(4)20-17/h5-8,23H,9H2,1-4H3,(H,21,22)/b18-8-. The Morgan fingerprint density at radius 1 is 1.17 bits per heavy atom. The van der Waals surface area contributed by atoms with Gasteiger partial charge in [0, 0.05) is 11.4 Å². The Bertz CT molecular complexity index is 747. The van der Waals surface area contributed by atoms with Gasteiger partial charge in [0.05, 0.1) is 12.0 Å². The molecule has 0 spiro atoms. The number of thioether (sulfide) groups is 1. The van der Waals surface area contributed by atoms with Gasteiger partial charge in [-0.3, -0.25) is 4.79 Å². The highest BCUT2D eigenvalue weighted by atomic mass is 32.2. The highest BCUT2D eigenvalue weighted by molar-refractivity contribution is 7.99. The number of hydrogen-bond acceptors (Lipinski definition) is 6. The number of nitrogens with one attached hydrogen (secondary N) is 1. The van der Waals surface area contributed by atoms with Crippen LogP contribution in [0.2, 0.25) is 0 Å². The number of phenolic OH excluding ortho intramolecular Hbond substituents is 1. The summed E-state index contributed by atoms with van der Waals surface area (Å²) in [6, 6.07) is 5.49. The van der Waals surface area contributed by atoms with Crippen LogP contribution in [0.4, 0.5) is 0 Å². The summed E-state index contributed by atoms with van der Waals surface area (Å²) in [5.41, 5.74) is 6.58. The molecule has 0 radical (unpaired) electrons. The number of hydrogen-bond donors (Lipinski definition) is 2. The SMILES string of the molecule is Cc1cc(C)nc(SCC(=O)N/N=C\c2cc(C)c(O)c(C)c2)n1. The normalized spacial score (nSPS) is 11.0. The van der Waals surface area contributed by atoms with Crippen LogP contribution in [0.3, 0.4) is 0 Å². The molecule has 1 aromatic carbocycles. The quantitative estimate of drug-likeness (QED) is 0.377. The summed E-state index contributed by atoms with van der Waals surface area (Å²) in [5.74, 6) is 0.237. The molecule has 2 aromatic rings. The van der Waals surface area contributed by atoms with Crippen molar-refractivity contribution >= 4 is 23.9 Å². The largest absolute Gasteiger partial charge is 0.507 e. The summed E-state index contributed by atoms with van der Waals surface area (Å²) in [5, 5.41) is 14.3. The summed E-state index contributed by atoms with van der Waals surface area (Å²) in [4.78, 5) is 20.4. The third kappa shape index (κ3) is 5.06. The smallest absolute Gasteiger partial charge is 0.250 e. The monoisotopic (exact) mass is 344 g/mol. The second-order valence-electron chi connectivity index (χ2n) is 5.52. The molecule has 1 aromatic heterocycles. The van der Waals surface area contributed by atoms with E-state index in [0.29, 0.717) is 5.16 Å². The fourth-order valence-electron chi connectivity index (χ4n) is 2.16. The molecule has 1 heterocycles. The molecule has 2 rings (SSSR count). The maximum atomic E-state index is 11.8. The summed E-state index contributed by atoms with van der Waals surface area (Å²) >= 11 is 1.27. The molecule has 0 aliphatic carbocycles. The van der Waals surface area contributed by atoms with Gasteiger partial charge in [-0.05, 0) is 62.6 Å². The van der Waals surface area contributed by atoms with Crippen molar-refractivity contribution < 1.29 is 9.90 Å². The molecular weight excluding hydrogens is 324 g/mol. The molecule has 0 aliphatic heterocycles. The molecular formula is C17H20N4O2S. The highest BCUT2D eigenvalue weighted by Gasteiger charge is 2.06. The Hall–Kier alpha value is -2.41. The Labute approximate surface area is 145 Å². The number of amides is 1. The lowest BCUT2D eigenvalue weighted by atomic mass is 10.1. The van der Waals surface area contributed by atoms with Crippen LogP contribution in [-0.4, -0.2) is 32.9 Å². The second kappa shape index (κ2) is 7.92. The Kier molecular flexibility index (Phi) is 5.92. The topological polar surface area (TPSA) is 87.5 Å². The third-order valence-electron chi connectivity index (χ3n) is 3.21. The molecule has 0 atom stereocenters. The average Bonchev–Trinajstić information content (AvgIpc) is 2.49. The van der Waals surface area contributed by atoms with E-state index in [1.165, 1.54) is 11.8 Å². The molecule has 0 saturated heterocycles. The first kappa shape index (κ1) is 17.9. The number of benzene rings is 1. The molecule has 0 aliphatic rings. The van der Waals surface area contributed by atoms with Gasteiger partial charge in [-0.15, -0.1) is 0 Å². The van der Waals surface area contributed by atoms with Crippen LogP contribution in [0, 0.1) is 27.7 Å². The number of aromatic hydroxyl groups is 1. The average molecular weight is 344 g/mol. The van der Waals surface area contributed by atoms with Gasteiger partial charge >= 0.3 is 0 Å². The second-order valence-corrected chi connectivity index (χ2v) is 6.46. The predicted octanol–water partition coefficient (Wildman–Crippen LogP) is 2.66. The van der Waals surface area contributed by atoms with E-state index in [-0.39, 0.29) is 17.4 Å². The number of aryl methyl sites for hydroxylation is 4. The molecule has 0 unspecified atom stereocenters. The van der Waals surface area contributed by atoms with Gasteiger partial charge < -0.3 is 5.11 Å². The number of nitrogens with zero attached hydrogens (tertiary/aromatic N) is 3. The first-order valence-electron chi connectivity index (χ1n) is 7.42. The minimum Gasteiger partial charge on any atom is -0.507 e. The van der Waals surface area contributed by atoms with Crippen molar-refractivity contribution in [3.8, 4) is 5.75 Å². The maximum absolute atomic E-state index is 11.8. The molecule has 1 amide bonds. The lowest BCUT2D eigenvalue weighted by molar-refractivity contribution is -0.118. The van der Waals surface area contributed by atoms with Crippen LogP contribution in [0.1, 0.15) is 28.1 Å². The minimum atomic E-state index is -0.230. The van der Waals surface area contributed by atoms with Crippen LogP contribution >= 0.6 is 11.8 Å². The predicted molar refractivity (Wildman–Crippen MR) is 95.5 cm³/mol. The van der Waals surface area contributed by atoms with Crippen LogP contribution in [0.25, 0.3) is 0 Å². The number of carbonyl (C=O) groups excluding carboxylic acids is 1. The fourth-order valence-corrected chi connectivity index (χ4v) is 2.91. The molecule has 0 bridgehead atoms. The molecule has 7 heteroatoms. The van der Waals surface area contributed by atoms with Gasteiger partial charge in [-0.25, -0.2) is 15.4 Å². The Morgan fingerprint density at radius 2 is 1.75 bits per heavy atom. The van der Waals surface area contributed by atoms with Gasteiger partial charge in [-0.2, -0.15) is 5.10 Å². The van der Waals surface area contributed by atoms with Gasteiger partial charge in [0.1, 0.15) is 5.75 Å². The Balaban J connectivity index is 1.89. The van der Waals surface area contributed by atoms with Crippen molar-refractivity contribution in [1.82, 2.24) is 15.4 Å². The van der Waals surface area contributed by atoms with E-state index in [0.717, 1.165) is 28.1 Å². The van der Waals surface area contributed by atoms with E-state index >= 15 is 0 Å². The van der Waals surface area contributed by atoms with Gasteiger partial charge in [0.2, 0.25) is 0 Å². The van der Waals surface area contributed by atoms with E-state index in [2.05, 4.69) is 20.5 Å². The molecule has 0 fully saturated rings. The van der Waals surface area contributed by atoms with Crippen molar-refractivity contribution in [3.63, 3.8) is 0 Å².